The lowest BCUT2D eigenvalue weighted by Crippen LogP contribution is -2.52. The topological polar surface area (TPSA) is 108 Å². The van der Waals surface area contributed by atoms with Crippen LogP contribution in [0.2, 0.25) is 0 Å². The first-order valence-electron chi connectivity index (χ1n) is 11.5. The fourth-order valence-corrected chi connectivity index (χ4v) is 5.40. The molecule has 0 saturated carbocycles. The molecule has 0 radical (unpaired) electrons. The molecule has 10 nitrogen and oxygen atoms in total. The van der Waals surface area contributed by atoms with Gasteiger partial charge in [0, 0.05) is 58.0 Å². The third kappa shape index (κ3) is 6.30. The van der Waals surface area contributed by atoms with Gasteiger partial charge >= 0.3 is 0 Å². The molecule has 3 fully saturated rings. The number of ether oxygens (including phenoxy) is 2. The summed E-state index contributed by atoms with van der Waals surface area (Å²) in [5.74, 6) is -0.114. The second-order valence-corrected chi connectivity index (χ2v) is 10.3. The number of piperazine rings is 1. The Kier molecular flexibility index (Phi) is 7.97. The summed E-state index contributed by atoms with van der Waals surface area (Å²) in [4.78, 5) is 31.1. The molecule has 3 heterocycles. The smallest absolute Gasteiger partial charge is 0.253 e. The van der Waals surface area contributed by atoms with Crippen molar-refractivity contribution in [3.05, 3.63) is 29.8 Å². The lowest BCUT2D eigenvalue weighted by atomic mass is 10.2. The quantitative estimate of drug-likeness (QED) is 0.574. The fraction of sp³-hybridized carbons (Fsp3) is 0.636. The number of carbonyl (C=O) groups excluding carboxylic acids is 2. The van der Waals surface area contributed by atoms with E-state index < -0.39 is 10.0 Å². The highest BCUT2D eigenvalue weighted by Crippen LogP contribution is 2.16. The first kappa shape index (κ1) is 24.1. The van der Waals surface area contributed by atoms with Crippen molar-refractivity contribution < 1.29 is 27.5 Å². The van der Waals surface area contributed by atoms with E-state index in [-0.39, 0.29) is 29.4 Å². The summed E-state index contributed by atoms with van der Waals surface area (Å²) in [7, 11) is -3.73. The zero-order chi connectivity index (χ0) is 23.3. The molecule has 0 unspecified atom stereocenters. The zero-order valence-electron chi connectivity index (χ0n) is 18.8. The molecule has 1 atom stereocenters. The van der Waals surface area contributed by atoms with Gasteiger partial charge in [-0.15, -0.1) is 0 Å². The van der Waals surface area contributed by atoms with Crippen molar-refractivity contribution in [3.63, 3.8) is 0 Å². The van der Waals surface area contributed by atoms with E-state index in [1.54, 1.807) is 17.0 Å². The van der Waals surface area contributed by atoms with Crippen LogP contribution in [0.25, 0.3) is 0 Å². The number of benzene rings is 1. The maximum Gasteiger partial charge on any atom is 0.253 e. The monoisotopic (exact) mass is 480 g/mol. The molecule has 182 valence electrons. The summed E-state index contributed by atoms with van der Waals surface area (Å²) in [6, 6.07) is 6.14. The first-order valence-corrected chi connectivity index (χ1v) is 13.0. The number of hydrogen-bond acceptors (Lipinski definition) is 7. The van der Waals surface area contributed by atoms with Gasteiger partial charge in [-0.1, -0.05) is 6.07 Å². The Labute approximate surface area is 194 Å². The van der Waals surface area contributed by atoms with E-state index >= 15 is 0 Å². The van der Waals surface area contributed by atoms with E-state index in [2.05, 4.69) is 9.62 Å². The second kappa shape index (κ2) is 10.9. The molecule has 0 bridgehead atoms. The van der Waals surface area contributed by atoms with Gasteiger partial charge in [0.25, 0.3) is 5.91 Å². The maximum absolute atomic E-state index is 13.0. The van der Waals surface area contributed by atoms with Gasteiger partial charge in [-0.25, -0.2) is 13.1 Å². The summed E-state index contributed by atoms with van der Waals surface area (Å²) in [5, 5.41) is 0. The minimum Gasteiger partial charge on any atom is -0.378 e. The second-order valence-electron chi connectivity index (χ2n) is 8.58. The van der Waals surface area contributed by atoms with E-state index in [1.165, 1.54) is 12.1 Å². The van der Waals surface area contributed by atoms with Gasteiger partial charge in [-0.3, -0.25) is 14.5 Å². The molecular formula is C22H32N4O6S. The molecule has 0 aromatic heterocycles. The van der Waals surface area contributed by atoms with Crippen molar-refractivity contribution in [1.29, 1.82) is 0 Å². The zero-order valence-corrected chi connectivity index (χ0v) is 19.6. The van der Waals surface area contributed by atoms with E-state index in [4.69, 9.17) is 9.47 Å². The molecule has 1 N–H and O–H groups in total. The van der Waals surface area contributed by atoms with Crippen LogP contribution < -0.4 is 4.72 Å². The Hall–Kier alpha value is -2.05. The molecule has 0 aliphatic carbocycles. The van der Waals surface area contributed by atoms with Gasteiger partial charge in [-0.2, -0.15) is 0 Å². The molecule has 11 heteroatoms. The molecule has 3 aliphatic heterocycles. The molecule has 1 aromatic rings. The lowest BCUT2D eigenvalue weighted by Gasteiger charge is -2.36. The van der Waals surface area contributed by atoms with Crippen LogP contribution >= 0.6 is 0 Å². The van der Waals surface area contributed by atoms with Crippen LogP contribution in [-0.2, 0) is 24.3 Å². The Morgan fingerprint density at radius 2 is 1.76 bits per heavy atom. The van der Waals surface area contributed by atoms with Crippen LogP contribution in [-0.4, -0.2) is 113 Å². The number of sulfonamides is 1. The molecule has 4 rings (SSSR count). The highest BCUT2D eigenvalue weighted by atomic mass is 32.2. The van der Waals surface area contributed by atoms with Crippen molar-refractivity contribution in [3.8, 4) is 0 Å². The van der Waals surface area contributed by atoms with E-state index in [0.29, 0.717) is 71.2 Å². The van der Waals surface area contributed by atoms with Crippen LogP contribution in [0.4, 0.5) is 0 Å². The molecule has 2 amide bonds. The van der Waals surface area contributed by atoms with Crippen LogP contribution in [0.3, 0.4) is 0 Å². The van der Waals surface area contributed by atoms with Crippen molar-refractivity contribution in [1.82, 2.24) is 19.4 Å². The highest BCUT2D eigenvalue weighted by molar-refractivity contribution is 7.89. The van der Waals surface area contributed by atoms with Gasteiger partial charge in [0.15, 0.2) is 0 Å². The van der Waals surface area contributed by atoms with E-state index in [1.807, 2.05) is 4.90 Å². The fourth-order valence-electron chi connectivity index (χ4n) is 4.28. The number of nitrogens with zero attached hydrogens (tertiary/aromatic N) is 3. The van der Waals surface area contributed by atoms with Crippen LogP contribution in [0.15, 0.2) is 29.2 Å². The minimum absolute atomic E-state index is 0.0705. The SMILES string of the molecule is O=C(CN1CCN(C(=O)c2cccc(S(=O)(=O)NC[C@@H]3CCCO3)c2)CC1)N1CCOCC1. The number of hydrogen-bond donors (Lipinski definition) is 1. The van der Waals surface area contributed by atoms with Gasteiger partial charge < -0.3 is 19.3 Å². The maximum atomic E-state index is 13.0. The molecule has 1 aromatic carbocycles. The molecule has 33 heavy (non-hydrogen) atoms. The summed E-state index contributed by atoms with van der Waals surface area (Å²) in [5.41, 5.74) is 0.341. The summed E-state index contributed by atoms with van der Waals surface area (Å²) < 4.78 is 38.7. The van der Waals surface area contributed by atoms with Gasteiger partial charge in [0.2, 0.25) is 15.9 Å². The average molecular weight is 481 g/mol. The molecule has 0 spiro atoms. The predicted octanol–water partition coefficient (Wildman–Crippen LogP) is -0.239. The Balaban J connectivity index is 1.30. The van der Waals surface area contributed by atoms with Crippen LogP contribution in [0.5, 0.6) is 0 Å². The molecule has 3 aliphatic rings. The number of rotatable bonds is 7. The third-order valence-electron chi connectivity index (χ3n) is 6.30. The van der Waals surface area contributed by atoms with Crippen molar-refractivity contribution in [2.45, 2.75) is 23.8 Å². The van der Waals surface area contributed by atoms with Gasteiger partial charge in [0.1, 0.15) is 0 Å². The first-order chi connectivity index (χ1) is 15.9. The molecular weight excluding hydrogens is 448 g/mol. The Morgan fingerprint density at radius 3 is 2.45 bits per heavy atom. The lowest BCUT2D eigenvalue weighted by molar-refractivity contribution is -0.136. The normalized spacial score (nSPS) is 22.5. The summed E-state index contributed by atoms with van der Waals surface area (Å²) in [6.45, 7) is 5.80. The van der Waals surface area contributed by atoms with Gasteiger partial charge in [0.05, 0.1) is 30.8 Å². The number of morpholine rings is 1. The summed E-state index contributed by atoms with van der Waals surface area (Å²) >= 11 is 0. The molecule has 3 saturated heterocycles. The number of amides is 2. The summed E-state index contributed by atoms with van der Waals surface area (Å²) in [6.07, 6.45) is 1.67. The standard InChI is InChI=1S/C22H32N4O6S/c27-21(25-10-13-31-14-11-25)17-24-6-8-26(9-7-24)22(28)18-3-1-5-20(15-18)33(29,30)23-16-19-4-2-12-32-19/h1,3,5,15,19,23H,2,4,6-14,16-17H2/t19-/m0/s1. The van der Waals surface area contributed by atoms with E-state index in [9.17, 15) is 18.0 Å². The minimum atomic E-state index is -3.73. The number of nitrogens with one attached hydrogen (secondary N) is 1. The highest BCUT2D eigenvalue weighted by Gasteiger charge is 2.27. The average Bonchev–Trinajstić information content (AvgIpc) is 3.37. The predicted molar refractivity (Wildman–Crippen MR) is 120 cm³/mol. The number of carbonyl (C=O) groups is 2. The van der Waals surface area contributed by atoms with E-state index in [0.717, 1.165) is 12.8 Å². The van der Waals surface area contributed by atoms with Crippen molar-refractivity contribution in [2.24, 2.45) is 0 Å². The van der Waals surface area contributed by atoms with Crippen molar-refractivity contribution >= 4 is 21.8 Å². The van der Waals surface area contributed by atoms with Crippen molar-refractivity contribution in [2.75, 3.05) is 72.2 Å². The van der Waals surface area contributed by atoms with Gasteiger partial charge in [-0.05, 0) is 31.0 Å². The Morgan fingerprint density at radius 1 is 1.00 bits per heavy atom. The van der Waals surface area contributed by atoms with Crippen LogP contribution in [0.1, 0.15) is 23.2 Å². The van der Waals surface area contributed by atoms with Crippen LogP contribution in [0, 0.1) is 0 Å². The largest absolute Gasteiger partial charge is 0.378 e. The third-order valence-corrected chi connectivity index (χ3v) is 7.72. The Bertz CT molecular complexity index is 936.